The topological polar surface area (TPSA) is 38.8 Å². The van der Waals surface area contributed by atoms with Crippen LogP contribution in [-0.2, 0) is 4.79 Å². The number of halogens is 2. The lowest BCUT2D eigenvalue weighted by Gasteiger charge is -2.15. The zero-order valence-corrected chi connectivity index (χ0v) is 17.8. The van der Waals surface area contributed by atoms with Gasteiger partial charge in [-0.1, -0.05) is 35.6 Å². The average Bonchev–Trinajstić information content (AvgIpc) is 2.91. The summed E-state index contributed by atoms with van der Waals surface area (Å²) in [6.07, 6.45) is 1.62. The maximum absolute atomic E-state index is 13.2. The Morgan fingerprint density at radius 2 is 1.89 bits per heavy atom. The summed E-state index contributed by atoms with van der Waals surface area (Å²) in [7, 11) is 1.54. The number of methoxy groups -OCH3 is 1. The molecule has 0 spiro atoms. The van der Waals surface area contributed by atoms with Gasteiger partial charge in [0.2, 0.25) is 0 Å². The highest BCUT2D eigenvalue weighted by atomic mass is 35.5. The highest BCUT2D eigenvalue weighted by Crippen LogP contribution is 2.39. The number of benzene rings is 2. The van der Waals surface area contributed by atoms with E-state index in [0.29, 0.717) is 37.0 Å². The molecule has 0 aromatic heterocycles. The molecule has 0 N–H and O–H groups in total. The normalized spacial score (nSPS) is 15.6. The minimum atomic E-state index is -0.382. The first-order valence-electron chi connectivity index (χ1n) is 8.38. The van der Waals surface area contributed by atoms with E-state index in [-0.39, 0.29) is 17.8 Å². The highest BCUT2D eigenvalue weighted by molar-refractivity contribution is 8.27. The van der Waals surface area contributed by atoms with Gasteiger partial charge in [0.25, 0.3) is 5.91 Å². The van der Waals surface area contributed by atoms with Crippen LogP contribution in [-0.4, -0.2) is 23.4 Å². The largest absolute Gasteiger partial charge is 0.493 e. The zero-order chi connectivity index (χ0) is 20.4. The molecule has 3 rings (SSSR count). The van der Waals surface area contributed by atoms with Crippen LogP contribution in [0.5, 0.6) is 11.5 Å². The van der Waals surface area contributed by atoms with Gasteiger partial charge in [-0.05, 0) is 55.8 Å². The summed E-state index contributed by atoms with van der Waals surface area (Å²) in [6.45, 7) is 3.81. The Morgan fingerprint density at radius 3 is 2.50 bits per heavy atom. The molecule has 1 fully saturated rings. The number of thioether (sulfide) groups is 1. The van der Waals surface area contributed by atoms with E-state index in [1.54, 1.807) is 18.2 Å². The average molecular weight is 438 g/mol. The molecule has 146 valence electrons. The van der Waals surface area contributed by atoms with Crippen molar-refractivity contribution >= 4 is 57.6 Å². The molecule has 1 saturated heterocycles. The fourth-order valence-corrected chi connectivity index (χ4v) is 4.09. The van der Waals surface area contributed by atoms with Crippen molar-refractivity contribution in [1.29, 1.82) is 0 Å². The van der Waals surface area contributed by atoms with Crippen LogP contribution < -0.4 is 14.4 Å². The number of carbonyl (C=O) groups excluding carboxylic acids is 1. The van der Waals surface area contributed by atoms with Gasteiger partial charge in [0, 0.05) is 6.07 Å². The molecular weight excluding hydrogens is 421 g/mol. The Kier molecular flexibility index (Phi) is 6.27. The molecule has 0 atom stereocenters. The van der Waals surface area contributed by atoms with E-state index in [1.165, 1.54) is 36.3 Å². The van der Waals surface area contributed by atoms with Crippen LogP contribution in [0.15, 0.2) is 41.3 Å². The van der Waals surface area contributed by atoms with Gasteiger partial charge in [-0.25, -0.2) is 4.39 Å². The molecule has 1 heterocycles. The summed E-state index contributed by atoms with van der Waals surface area (Å²) >= 11 is 12.9. The number of nitrogens with zero attached hydrogens (tertiary/aromatic N) is 1. The molecule has 0 bridgehead atoms. The SMILES string of the molecule is COc1cc(/C=C2/SC(=S)N(c3ccc(F)cc3)C2=O)c(Cl)cc1OC(C)C. The molecule has 0 saturated carbocycles. The van der Waals surface area contributed by atoms with Crippen molar-refractivity contribution in [1.82, 2.24) is 0 Å². The lowest BCUT2D eigenvalue weighted by Crippen LogP contribution is -2.27. The third-order valence-corrected chi connectivity index (χ3v) is 5.44. The smallest absolute Gasteiger partial charge is 0.270 e. The number of amides is 1. The number of anilines is 1. The molecule has 0 aliphatic carbocycles. The van der Waals surface area contributed by atoms with Crippen LogP contribution in [0.1, 0.15) is 19.4 Å². The van der Waals surface area contributed by atoms with E-state index in [9.17, 15) is 9.18 Å². The van der Waals surface area contributed by atoms with E-state index in [0.717, 1.165) is 11.8 Å². The van der Waals surface area contributed by atoms with Crippen LogP contribution in [0.2, 0.25) is 5.02 Å². The van der Waals surface area contributed by atoms with E-state index < -0.39 is 0 Å². The maximum Gasteiger partial charge on any atom is 0.270 e. The minimum absolute atomic E-state index is 0.0391. The summed E-state index contributed by atoms with van der Waals surface area (Å²) in [5.74, 6) is 0.364. The van der Waals surface area contributed by atoms with Crippen LogP contribution in [0.25, 0.3) is 6.08 Å². The first kappa shape index (κ1) is 20.6. The third-order valence-electron chi connectivity index (χ3n) is 3.81. The molecule has 2 aromatic carbocycles. The molecule has 2 aromatic rings. The first-order chi connectivity index (χ1) is 13.3. The lowest BCUT2D eigenvalue weighted by atomic mass is 10.1. The molecule has 28 heavy (non-hydrogen) atoms. The molecule has 1 aliphatic rings. The third kappa shape index (κ3) is 4.32. The molecule has 1 amide bonds. The molecule has 0 unspecified atom stereocenters. The fourth-order valence-electron chi connectivity index (χ4n) is 2.59. The number of ether oxygens (including phenoxy) is 2. The predicted octanol–water partition coefficient (Wildman–Crippen LogP) is 5.68. The number of hydrogen-bond acceptors (Lipinski definition) is 5. The van der Waals surface area contributed by atoms with Crippen molar-refractivity contribution in [2.75, 3.05) is 12.0 Å². The number of hydrogen-bond donors (Lipinski definition) is 0. The second-order valence-corrected chi connectivity index (χ2v) is 8.27. The standard InChI is InChI=1S/C20H17ClFNO3S2/c1-11(2)26-17-10-15(21)12(8-16(17)25-3)9-18-19(24)23(20(27)28-18)14-6-4-13(22)5-7-14/h4-11H,1-3H3/b18-9+. The van der Waals surface area contributed by atoms with Crippen molar-refractivity contribution in [3.05, 3.63) is 57.7 Å². The van der Waals surface area contributed by atoms with Gasteiger partial charge < -0.3 is 9.47 Å². The first-order valence-corrected chi connectivity index (χ1v) is 9.98. The van der Waals surface area contributed by atoms with Gasteiger partial charge in [-0.2, -0.15) is 0 Å². The van der Waals surface area contributed by atoms with E-state index in [2.05, 4.69) is 0 Å². The number of carbonyl (C=O) groups is 1. The molecule has 0 radical (unpaired) electrons. The summed E-state index contributed by atoms with van der Waals surface area (Å²) in [6, 6.07) is 8.96. The van der Waals surface area contributed by atoms with E-state index in [4.69, 9.17) is 33.3 Å². The van der Waals surface area contributed by atoms with Crippen LogP contribution in [0, 0.1) is 5.82 Å². The van der Waals surface area contributed by atoms with Crippen molar-refractivity contribution < 1.29 is 18.7 Å². The van der Waals surface area contributed by atoms with Gasteiger partial charge >= 0.3 is 0 Å². The van der Waals surface area contributed by atoms with Crippen molar-refractivity contribution in [3.8, 4) is 11.5 Å². The predicted molar refractivity (Wildman–Crippen MR) is 116 cm³/mol. The second-order valence-electron chi connectivity index (χ2n) is 6.18. The zero-order valence-electron chi connectivity index (χ0n) is 15.4. The Labute approximate surface area is 177 Å². The van der Waals surface area contributed by atoms with Crippen molar-refractivity contribution in [2.45, 2.75) is 20.0 Å². The molecular formula is C20H17ClFNO3S2. The summed E-state index contributed by atoms with van der Waals surface area (Å²) in [4.78, 5) is 14.6. The monoisotopic (exact) mass is 437 g/mol. The minimum Gasteiger partial charge on any atom is -0.493 e. The molecule has 1 aliphatic heterocycles. The van der Waals surface area contributed by atoms with Gasteiger partial charge in [-0.15, -0.1) is 0 Å². The van der Waals surface area contributed by atoms with Crippen molar-refractivity contribution in [3.63, 3.8) is 0 Å². The Hall–Kier alpha value is -2.09. The van der Waals surface area contributed by atoms with Gasteiger partial charge in [0.1, 0.15) is 5.82 Å². The van der Waals surface area contributed by atoms with E-state index in [1.807, 2.05) is 13.8 Å². The Morgan fingerprint density at radius 1 is 1.21 bits per heavy atom. The maximum atomic E-state index is 13.2. The van der Waals surface area contributed by atoms with Crippen molar-refractivity contribution in [2.24, 2.45) is 0 Å². The van der Waals surface area contributed by atoms with Gasteiger partial charge in [0.05, 0.1) is 28.8 Å². The van der Waals surface area contributed by atoms with Crippen LogP contribution >= 0.6 is 35.6 Å². The summed E-state index contributed by atoms with van der Waals surface area (Å²) in [5, 5.41) is 0.420. The van der Waals surface area contributed by atoms with Crippen LogP contribution in [0.3, 0.4) is 0 Å². The number of rotatable bonds is 5. The fraction of sp³-hybridized carbons (Fsp3) is 0.200. The van der Waals surface area contributed by atoms with Gasteiger partial charge in [-0.3, -0.25) is 9.69 Å². The highest BCUT2D eigenvalue weighted by Gasteiger charge is 2.33. The van der Waals surface area contributed by atoms with Crippen LogP contribution in [0.4, 0.5) is 10.1 Å². The molecule has 4 nitrogen and oxygen atoms in total. The van der Waals surface area contributed by atoms with E-state index >= 15 is 0 Å². The number of thiocarbonyl (C=S) groups is 1. The van der Waals surface area contributed by atoms with Gasteiger partial charge in [0.15, 0.2) is 15.8 Å². The Bertz CT molecular complexity index is 961. The second kappa shape index (κ2) is 8.51. The Balaban J connectivity index is 1.94. The summed E-state index contributed by atoms with van der Waals surface area (Å²) in [5.41, 5.74) is 1.12. The lowest BCUT2D eigenvalue weighted by molar-refractivity contribution is -0.113. The molecule has 8 heteroatoms. The summed E-state index contributed by atoms with van der Waals surface area (Å²) < 4.78 is 24.6. The quantitative estimate of drug-likeness (QED) is 0.444.